The fourth-order valence-corrected chi connectivity index (χ4v) is 5.42. The molecule has 6 aromatic rings. The average Bonchev–Trinajstić information content (AvgIpc) is 3.75. The van der Waals surface area contributed by atoms with Crippen molar-refractivity contribution in [2.45, 2.75) is 17.1 Å². The van der Waals surface area contributed by atoms with Gasteiger partial charge in [0.05, 0.1) is 11.5 Å². The molecule has 0 aliphatic rings. The van der Waals surface area contributed by atoms with Crippen LogP contribution in [-0.2, 0) is 9.59 Å². The first kappa shape index (κ1) is 30.2. The molecular weight excluding hydrogens is 600 g/mol. The van der Waals surface area contributed by atoms with Crippen LogP contribution in [-0.4, -0.2) is 28.0 Å². The second-order valence-corrected chi connectivity index (χ2v) is 11.6. The molecule has 0 radical (unpaired) electrons. The van der Waals surface area contributed by atoms with Crippen molar-refractivity contribution in [1.29, 1.82) is 0 Å². The quantitative estimate of drug-likeness (QED) is 0.105. The first-order valence-corrected chi connectivity index (χ1v) is 15.3. The third kappa shape index (κ3) is 7.43. The van der Waals surface area contributed by atoms with Gasteiger partial charge in [0, 0.05) is 33.5 Å². The molecule has 0 saturated carbocycles. The smallest absolute Gasteiger partial charge is 0.272 e. The summed E-state index contributed by atoms with van der Waals surface area (Å²) in [6.07, 6.45) is 2.94. The van der Waals surface area contributed by atoms with Gasteiger partial charge in [-0.15, -0.1) is 11.8 Å². The Bertz CT molecular complexity index is 1990. The number of benzene rings is 4. The number of para-hydroxylation sites is 2. The summed E-state index contributed by atoms with van der Waals surface area (Å²) in [5.74, 6) is -0.226. The highest BCUT2D eigenvalue weighted by molar-refractivity contribution is 8.00. The Morgan fingerprint density at radius 1 is 0.804 bits per heavy atom. The predicted octanol–water partition coefficient (Wildman–Crippen LogP) is 7.62. The van der Waals surface area contributed by atoms with Gasteiger partial charge in [0.25, 0.3) is 11.8 Å². The highest BCUT2D eigenvalue weighted by Crippen LogP contribution is 2.28. The number of oxazole rings is 1. The van der Waals surface area contributed by atoms with Gasteiger partial charge in [-0.25, -0.2) is 4.98 Å². The standard InChI is InChI=1S/C36H28N4O5S/c1-23(33(41)37-26-18-16-25(17-19-26)36-40-30-14-5-6-15-32(30)45-36)46-29-13-7-11-27(21-29)38-35(43)31(22-28-12-8-20-44-28)39-34(42)24-9-3-2-4-10-24/h2-23H,1H3,(H,37,41)(H,38,43)(H,39,42)/b31-22-. The number of hydrogen-bond donors (Lipinski definition) is 3. The number of rotatable bonds is 10. The van der Waals surface area contributed by atoms with Gasteiger partial charge in [0.1, 0.15) is 17.0 Å². The SMILES string of the molecule is CC(Sc1cccc(NC(=O)/C(=C/c2ccco2)NC(=O)c2ccccc2)c1)C(=O)Nc1ccc(-c2nc3ccccc3o2)cc1. The third-order valence-electron chi connectivity index (χ3n) is 6.83. The van der Waals surface area contributed by atoms with Gasteiger partial charge in [-0.1, -0.05) is 36.4 Å². The van der Waals surface area contributed by atoms with E-state index in [0.29, 0.717) is 34.2 Å². The maximum absolute atomic E-state index is 13.3. The van der Waals surface area contributed by atoms with Gasteiger partial charge in [0.2, 0.25) is 11.8 Å². The summed E-state index contributed by atoms with van der Waals surface area (Å²) in [6, 6.07) is 34.0. The van der Waals surface area contributed by atoms with Crippen LogP contribution in [0.2, 0.25) is 0 Å². The van der Waals surface area contributed by atoms with Crippen molar-refractivity contribution in [3.8, 4) is 11.5 Å². The van der Waals surface area contributed by atoms with E-state index in [2.05, 4.69) is 20.9 Å². The van der Waals surface area contributed by atoms with Crippen LogP contribution in [0.3, 0.4) is 0 Å². The lowest BCUT2D eigenvalue weighted by atomic mass is 10.2. The topological polar surface area (TPSA) is 126 Å². The number of amides is 3. The van der Waals surface area contributed by atoms with Crippen molar-refractivity contribution in [2.75, 3.05) is 10.6 Å². The summed E-state index contributed by atoms with van der Waals surface area (Å²) >= 11 is 1.35. The lowest BCUT2D eigenvalue weighted by Crippen LogP contribution is -2.30. The summed E-state index contributed by atoms with van der Waals surface area (Å²) in [5, 5.41) is 8.01. The number of aromatic nitrogens is 1. The van der Waals surface area contributed by atoms with Crippen molar-refractivity contribution in [2.24, 2.45) is 0 Å². The Hall–Kier alpha value is -5.87. The average molecular weight is 629 g/mol. The molecule has 1 unspecified atom stereocenters. The van der Waals surface area contributed by atoms with E-state index in [1.165, 1.54) is 24.1 Å². The zero-order valence-corrected chi connectivity index (χ0v) is 25.4. The molecule has 3 N–H and O–H groups in total. The molecule has 0 aliphatic heterocycles. The first-order valence-electron chi connectivity index (χ1n) is 14.4. The molecule has 46 heavy (non-hydrogen) atoms. The summed E-state index contributed by atoms with van der Waals surface area (Å²) in [5.41, 5.74) is 3.86. The van der Waals surface area contributed by atoms with Crippen molar-refractivity contribution in [1.82, 2.24) is 10.3 Å². The zero-order chi connectivity index (χ0) is 31.9. The Kier molecular flexibility index (Phi) is 9.07. The van der Waals surface area contributed by atoms with E-state index in [0.717, 1.165) is 16.0 Å². The number of hydrogen-bond acceptors (Lipinski definition) is 7. The van der Waals surface area contributed by atoms with E-state index < -0.39 is 17.1 Å². The van der Waals surface area contributed by atoms with Gasteiger partial charge in [-0.2, -0.15) is 0 Å². The fraction of sp³-hybridized carbons (Fsp3) is 0.0556. The molecule has 0 aliphatic carbocycles. The number of nitrogens with zero attached hydrogens (tertiary/aromatic N) is 1. The van der Waals surface area contributed by atoms with E-state index in [1.807, 2.05) is 42.5 Å². The number of fused-ring (bicyclic) bond motifs is 1. The molecule has 9 nitrogen and oxygen atoms in total. The van der Waals surface area contributed by atoms with Crippen LogP contribution in [0.15, 0.2) is 141 Å². The van der Waals surface area contributed by atoms with Crippen LogP contribution in [0.5, 0.6) is 0 Å². The molecule has 0 fully saturated rings. The van der Waals surface area contributed by atoms with Gasteiger partial charge >= 0.3 is 0 Å². The number of thioether (sulfide) groups is 1. The highest BCUT2D eigenvalue weighted by Gasteiger charge is 2.18. The zero-order valence-electron chi connectivity index (χ0n) is 24.6. The number of carbonyl (C=O) groups excluding carboxylic acids is 3. The van der Waals surface area contributed by atoms with Gasteiger partial charge < -0.3 is 24.8 Å². The van der Waals surface area contributed by atoms with Crippen LogP contribution in [0.4, 0.5) is 11.4 Å². The molecule has 0 saturated heterocycles. The van der Waals surface area contributed by atoms with Crippen LogP contribution in [0, 0.1) is 0 Å². The lowest BCUT2D eigenvalue weighted by Gasteiger charge is -2.14. The van der Waals surface area contributed by atoms with Gasteiger partial charge in [-0.05, 0) is 85.8 Å². The van der Waals surface area contributed by atoms with Crippen LogP contribution in [0.25, 0.3) is 28.6 Å². The molecule has 2 heterocycles. The monoisotopic (exact) mass is 628 g/mol. The highest BCUT2D eigenvalue weighted by atomic mass is 32.2. The van der Waals surface area contributed by atoms with Crippen molar-refractivity contribution in [3.05, 3.63) is 139 Å². The van der Waals surface area contributed by atoms with Crippen molar-refractivity contribution in [3.63, 3.8) is 0 Å². The normalized spacial score (nSPS) is 12.0. The number of nitrogens with one attached hydrogen (secondary N) is 3. The second-order valence-electron chi connectivity index (χ2n) is 10.2. The second kappa shape index (κ2) is 13.8. The van der Waals surface area contributed by atoms with Crippen LogP contribution in [0.1, 0.15) is 23.0 Å². The first-order chi connectivity index (χ1) is 22.4. The summed E-state index contributed by atoms with van der Waals surface area (Å²) in [7, 11) is 0. The van der Waals surface area contributed by atoms with E-state index >= 15 is 0 Å². The number of furan rings is 1. The van der Waals surface area contributed by atoms with Crippen molar-refractivity contribution < 1.29 is 23.2 Å². The summed E-state index contributed by atoms with van der Waals surface area (Å²) in [6.45, 7) is 1.81. The third-order valence-corrected chi connectivity index (χ3v) is 7.92. The minimum Gasteiger partial charge on any atom is -0.465 e. The molecule has 6 rings (SSSR count). The molecule has 3 amide bonds. The van der Waals surface area contributed by atoms with E-state index in [4.69, 9.17) is 8.83 Å². The van der Waals surface area contributed by atoms with E-state index in [1.54, 1.807) is 79.7 Å². The number of carbonyl (C=O) groups is 3. The molecular formula is C36H28N4O5S. The molecule has 1 atom stereocenters. The minimum atomic E-state index is -0.532. The maximum Gasteiger partial charge on any atom is 0.272 e. The summed E-state index contributed by atoms with van der Waals surface area (Å²) < 4.78 is 11.2. The predicted molar refractivity (Wildman–Crippen MR) is 179 cm³/mol. The Morgan fingerprint density at radius 2 is 1.59 bits per heavy atom. The Labute approximate surface area is 268 Å². The number of anilines is 2. The minimum absolute atomic E-state index is 0.0109. The Morgan fingerprint density at radius 3 is 2.35 bits per heavy atom. The fourth-order valence-electron chi connectivity index (χ4n) is 4.50. The summed E-state index contributed by atoms with van der Waals surface area (Å²) in [4.78, 5) is 44.4. The molecule has 228 valence electrons. The van der Waals surface area contributed by atoms with Crippen molar-refractivity contribution >= 4 is 58.0 Å². The molecule has 10 heteroatoms. The molecule has 0 bridgehead atoms. The molecule has 4 aromatic carbocycles. The van der Waals surface area contributed by atoms with Crippen LogP contribution < -0.4 is 16.0 Å². The molecule has 0 spiro atoms. The van der Waals surface area contributed by atoms with E-state index in [9.17, 15) is 14.4 Å². The lowest BCUT2D eigenvalue weighted by molar-refractivity contribution is -0.115. The largest absolute Gasteiger partial charge is 0.465 e. The van der Waals surface area contributed by atoms with Gasteiger partial charge in [-0.3, -0.25) is 14.4 Å². The Balaban J connectivity index is 1.08. The molecule has 2 aromatic heterocycles. The van der Waals surface area contributed by atoms with Crippen LogP contribution >= 0.6 is 11.8 Å². The maximum atomic E-state index is 13.3. The van der Waals surface area contributed by atoms with Gasteiger partial charge in [0.15, 0.2) is 5.58 Å². The van der Waals surface area contributed by atoms with E-state index in [-0.39, 0.29) is 11.6 Å².